The maximum Gasteiger partial charge on any atom is 0.416 e. The van der Waals surface area contributed by atoms with Crippen molar-refractivity contribution in [2.24, 2.45) is 5.41 Å². The molecule has 0 aromatic heterocycles. The van der Waals surface area contributed by atoms with Crippen molar-refractivity contribution in [1.29, 1.82) is 0 Å². The molecule has 0 spiro atoms. The van der Waals surface area contributed by atoms with E-state index in [9.17, 15) is 31.1 Å². The molecule has 1 heterocycles. The van der Waals surface area contributed by atoms with Gasteiger partial charge in [-0.3, -0.25) is 4.79 Å². The van der Waals surface area contributed by atoms with Crippen molar-refractivity contribution in [2.45, 2.75) is 52.1 Å². The third kappa shape index (κ3) is 6.65. The van der Waals surface area contributed by atoms with Crippen molar-refractivity contribution in [3.8, 4) is 0 Å². The third-order valence-corrected chi connectivity index (χ3v) is 5.90. The van der Waals surface area contributed by atoms with E-state index in [1.165, 1.54) is 0 Å². The molecule has 2 N–H and O–H groups in total. The van der Waals surface area contributed by atoms with Gasteiger partial charge in [-0.05, 0) is 53.4 Å². The minimum absolute atomic E-state index is 0.0390. The van der Waals surface area contributed by atoms with Gasteiger partial charge in [-0.2, -0.15) is 26.3 Å². The SMILES string of the molecule is CC(C)(C)[C@H](NC(=S)Nc1cc(C(F)(F)F)cc(C(F)(F)F)c1)C(=O)N1CCc2ccccc2C1. The first-order valence-corrected chi connectivity index (χ1v) is 11.2. The van der Waals surface area contributed by atoms with E-state index in [1.807, 2.05) is 24.3 Å². The molecule has 1 atom stereocenters. The van der Waals surface area contributed by atoms with Gasteiger partial charge in [-0.15, -0.1) is 0 Å². The van der Waals surface area contributed by atoms with E-state index in [2.05, 4.69) is 10.6 Å². The van der Waals surface area contributed by atoms with Crippen molar-refractivity contribution >= 4 is 28.9 Å². The summed E-state index contributed by atoms with van der Waals surface area (Å²) in [5, 5.41) is 4.94. The van der Waals surface area contributed by atoms with Crippen LogP contribution in [-0.4, -0.2) is 28.5 Å². The molecule has 11 heteroatoms. The van der Waals surface area contributed by atoms with E-state index in [1.54, 1.807) is 25.7 Å². The Hall–Kier alpha value is -2.82. The highest BCUT2D eigenvalue weighted by Crippen LogP contribution is 2.37. The fourth-order valence-corrected chi connectivity index (χ4v) is 4.08. The molecular formula is C24H25F6N3OS. The van der Waals surface area contributed by atoms with Crippen LogP contribution >= 0.6 is 12.2 Å². The molecule has 0 saturated carbocycles. The van der Waals surface area contributed by atoms with Gasteiger partial charge in [-0.1, -0.05) is 45.0 Å². The van der Waals surface area contributed by atoms with Crippen LogP contribution in [0.5, 0.6) is 0 Å². The first kappa shape index (κ1) is 26.8. The van der Waals surface area contributed by atoms with E-state index >= 15 is 0 Å². The van der Waals surface area contributed by atoms with Gasteiger partial charge in [0.2, 0.25) is 5.91 Å². The average Bonchev–Trinajstić information content (AvgIpc) is 2.74. The summed E-state index contributed by atoms with van der Waals surface area (Å²) in [5.41, 5.74) is -1.91. The number of hydrogen-bond acceptors (Lipinski definition) is 2. The van der Waals surface area contributed by atoms with Crippen LogP contribution in [0.15, 0.2) is 42.5 Å². The lowest BCUT2D eigenvalue weighted by Crippen LogP contribution is -2.56. The van der Waals surface area contributed by atoms with Crippen molar-refractivity contribution in [3.63, 3.8) is 0 Å². The van der Waals surface area contributed by atoms with Gasteiger partial charge >= 0.3 is 12.4 Å². The first-order valence-electron chi connectivity index (χ1n) is 10.8. The topological polar surface area (TPSA) is 44.4 Å². The minimum Gasteiger partial charge on any atom is -0.350 e. The molecule has 1 amide bonds. The molecule has 35 heavy (non-hydrogen) atoms. The molecule has 0 saturated heterocycles. The molecule has 0 radical (unpaired) electrons. The molecular weight excluding hydrogens is 492 g/mol. The molecule has 3 rings (SSSR count). The Balaban J connectivity index is 1.81. The summed E-state index contributed by atoms with van der Waals surface area (Å²) in [6, 6.07) is 8.00. The number of rotatable bonds is 3. The number of nitrogens with zero attached hydrogens (tertiary/aromatic N) is 1. The molecule has 4 nitrogen and oxygen atoms in total. The Morgan fingerprint density at radius 2 is 1.49 bits per heavy atom. The second-order valence-electron chi connectivity index (χ2n) is 9.47. The second-order valence-corrected chi connectivity index (χ2v) is 9.88. The van der Waals surface area contributed by atoms with Crippen LogP contribution in [0, 0.1) is 5.41 Å². The number of fused-ring (bicyclic) bond motifs is 1. The predicted molar refractivity (Wildman–Crippen MR) is 125 cm³/mol. The second kappa shape index (κ2) is 9.67. The number of carbonyl (C=O) groups is 1. The summed E-state index contributed by atoms with van der Waals surface area (Å²) < 4.78 is 79.0. The fraction of sp³-hybridized carbons (Fsp3) is 0.417. The summed E-state index contributed by atoms with van der Waals surface area (Å²) >= 11 is 5.18. The lowest BCUT2D eigenvalue weighted by Gasteiger charge is -2.37. The third-order valence-electron chi connectivity index (χ3n) is 5.68. The van der Waals surface area contributed by atoms with E-state index in [0.717, 1.165) is 11.1 Å². The number of benzene rings is 2. The van der Waals surface area contributed by atoms with Crippen molar-refractivity contribution in [1.82, 2.24) is 10.2 Å². The molecule has 2 aromatic carbocycles. The van der Waals surface area contributed by atoms with Crippen molar-refractivity contribution < 1.29 is 31.1 Å². The summed E-state index contributed by atoms with van der Waals surface area (Å²) in [6.45, 7) is 6.23. The maximum atomic E-state index is 13.4. The molecule has 0 fully saturated rings. The number of alkyl halides is 6. The summed E-state index contributed by atoms with van der Waals surface area (Å²) in [4.78, 5) is 15.1. The smallest absolute Gasteiger partial charge is 0.350 e. The highest BCUT2D eigenvalue weighted by molar-refractivity contribution is 7.80. The number of carbonyl (C=O) groups excluding carboxylic acids is 1. The van der Waals surface area contributed by atoms with Crippen LogP contribution in [0.1, 0.15) is 43.0 Å². The molecule has 2 aromatic rings. The van der Waals surface area contributed by atoms with Gasteiger partial charge < -0.3 is 15.5 Å². The number of halogens is 6. The molecule has 1 aliphatic rings. The van der Waals surface area contributed by atoms with Crippen molar-refractivity contribution in [3.05, 3.63) is 64.7 Å². The van der Waals surface area contributed by atoms with Gasteiger partial charge in [0.15, 0.2) is 5.11 Å². The molecule has 1 aliphatic heterocycles. The van der Waals surface area contributed by atoms with E-state index in [-0.39, 0.29) is 17.1 Å². The fourth-order valence-electron chi connectivity index (χ4n) is 3.84. The summed E-state index contributed by atoms with van der Waals surface area (Å²) in [6.07, 6.45) is -9.30. The van der Waals surface area contributed by atoms with Gasteiger partial charge in [0.05, 0.1) is 11.1 Å². The van der Waals surface area contributed by atoms with Crippen molar-refractivity contribution in [2.75, 3.05) is 11.9 Å². The summed E-state index contributed by atoms with van der Waals surface area (Å²) in [7, 11) is 0. The lowest BCUT2D eigenvalue weighted by atomic mass is 9.85. The lowest BCUT2D eigenvalue weighted by molar-refractivity contribution is -0.143. The Morgan fingerprint density at radius 1 is 0.943 bits per heavy atom. The zero-order valence-electron chi connectivity index (χ0n) is 19.3. The highest BCUT2D eigenvalue weighted by atomic mass is 32.1. The number of nitrogens with one attached hydrogen (secondary N) is 2. The van der Waals surface area contributed by atoms with Gasteiger partial charge in [0.25, 0.3) is 0 Å². The monoisotopic (exact) mass is 517 g/mol. The van der Waals surface area contributed by atoms with Crippen LogP contribution < -0.4 is 10.6 Å². The zero-order valence-corrected chi connectivity index (χ0v) is 20.1. The standard InChI is InChI=1S/C24H25F6N3OS/c1-22(2,3)19(20(34)33-9-8-14-6-4-5-7-15(14)13-33)32-21(35)31-18-11-16(23(25,26)27)10-17(12-18)24(28,29)30/h4-7,10-12,19H,8-9,13H2,1-3H3,(H2,31,32,35)/t19-/m1/s1. The number of anilines is 1. The van der Waals surface area contributed by atoms with Gasteiger partial charge in [0.1, 0.15) is 6.04 Å². The van der Waals surface area contributed by atoms with Gasteiger partial charge in [-0.25, -0.2) is 0 Å². The quantitative estimate of drug-likeness (QED) is 0.387. The van der Waals surface area contributed by atoms with Crippen LogP contribution in [-0.2, 0) is 30.1 Å². The summed E-state index contributed by atoms with van der Waals surface area (Å²) in [5.74, 6) is -0.267. The Labute approximate surface area is 204 Å². The molecule has 0 unspecified atom stereocenters. The van der Waals surface area contributed by atoms with E-state index in [0.29, 0.717) is 31.6 Å². The van der Waals surface area contributed by atoms with Crippen LogP contribution in [0.25, 0.3) is 0 Å². The Morgan fingerprint density at radius 3 is 2.00 bits per heavy atom. The largest absolute Gasteiger partial charge is 0.416 e. The maximum absolute atomic E-state index is 13.4. The molecule has 0 aliphatic carbocycles. The molecule has 0 bridgehead atoms. The first-order chi connectivity index (χ1) is 16.1. The number of thiocarbonyl (C=S) groups is 1. The van der Waals surface area contributed by atoms with Crippen LogP contribution in [0.3, 0.4) is 0 Å². The number of amides is 1. The van der Waals surface area contributed by atoms with Crippen LogP contribution in [0.2, 0.25) is 0 Å². The average molecular weight is 518 g/mol. The Bertz CT molecular complexity index is 1080. The zero-order chi connectivity index (χ0) is 26.2. The van der Waals surface area contributed by atoms with Crippen LogP contribution in [0.4, 0.5) is 32.0 Å². The number of hydrogen-bond donors (Lipinski definition) is 2. The Kier molecular flexibility index (Phi) is 7.40. The minimum atomic E-state index is -4.98. The highest BCUT2D eigenvalue weighted by Gasteiger charge is 2.38. The van der Waals surface area contributed by atoms with Gasteiger partial charge in [0, 0.05) is 18.8 Å². The normalized spacial score (nSPS) is 15.3. The molecule has 190 valence electrons. The predicted octanol–water partition coefficient (Wildman–Crippen LogP) is 6.01. The van der Waals surface area contributed by atoms with E-state index < -0.39 is 40.6 Å². The van der Waals surface area contributed by atoms with E-state index in [4.69, 9.17) is 12.2 Å².